The fourth-order valence-corrected chi connectivity index (χ4v) is 5.72. The van der Waals surface area contributed by atoms with Gasteiger partial charge in [0.25, 0.3) is 0 Å². The van der Waals surface area contributed by atoms with Crippen molar-refractivity contribution in [2.24, 2.45) is 0 Å². The summed E-state index contributed by atoms with van der Waals surface area (Å²) in [5.74, 6) is 1.54. The van der Waals surface area contributed by atoms with Crippen molar-refractivity contribution in [2.45, 2.75) is 89.8 Å². The molecule has 1 aromatic heterocycles. The molecule has 0 aliphatic rings. The van der Waals surface area contributed by atoms with E-state index >= 15 is 0 Å². The van der Waals surface area contributed by atoms with E-state index < -0.39 is 22.7 Å². The topological polar surface area (TPSA) is 82.3 Å². The quantitative estimate of drug-likeness (QED) is 0.300. The van der Waals surface area contributed by atoms with Crippen LogP contribution in [0.15, 0.2) is 54.9 Å². The van der Waals surface area contributed by atoms with Crippen molar-refractivity contribution in [3.05, 3.63) is 66.0 Å². The van der Waals surface area contributed by atoms with Crippen LogP contribution in [0, 0.1) is 0 Å². The standard InChI is InChI=1S/C28H44N4O3Si2/c1-27(2,3)36(7,8)34-23-15-11-21(12-16-23)26(25(19-33)32-30-20-29-31-32)22-13-17-24(18-14-22)35-37(9,10)28(4,5)6/h11-18,20,25-26,33H,19H2,1-10H3. The van der Waals surface area contributed by atoms with Crippen molar-refractivity contribution in [2.75, 3.05) is 6.61 Å². The van der Waals surface area contributed by atoms with Gasteiger partial charge in [0.05, 0.1) is 6.61 Å². The number of hydrogen-bond acceptors (Lipinski definition) is 6. The fourth-order valence-electron chi connectivity index (χ4n) is 3.66. The number of rotatable bonds is 9. The Kier molecular flexibility index (Phi) is 8.41. The molecule has 0 aliphatic carbocycles. The van der Waals surface area contributed by atoms with E-state index in [0.717, 1.165) is 22.6 Å². The molecule has 3 aromatic rings. The summed E-state index contributed by atoms with van der Waals surface area (Å²) in [7, 11) is -3.90. The first-order valence-electron chi connectivity index (χ1n) is 13.0. The fraction of sp³-hybridized carbons (Fsp3) is 0.536. The summed E-state index contributed by atoms with van der Waals surface area (Å²) in [6.07, 6.45) is 1.39. The summed E-state index contributed by atoms with van der Waals surface area (Å²) in [5, 5.41) is 22.9. The van der Waals surface area contributed by atoms with Crippen LogP contribution in [0.5, 0.6) is 11.5 Å². The van der Waals surface area contributed by atoms with Crippen molar-refractivity contribution in [1.82, 2.24) is 20.2 Å². The van der Waals surface area contributed by atoms with Crippen LogP contribution < -0.4 is 8.85 Å². The highest BCUT2D eigenvalue weighted by Gasteiger charge is 2.40. The van der Waals surface area contributed by atoms with Gasteiger partial charge in [-0.2, -0.15) is 4.80 Å². The summed E-state index contributed by atoms with van der Waals surface area (Å²) in [5.41, 5.74) is 2.08. The largest absolute Gasteiger partial charge is 0.544 e. The Bertz CT molecular complexity index is 1060. The molecule has 202 valence electrons. The Morgan fingerprint density at radius 2 is 1.16 bits per heavy atom. The SMILES string of the molecule is CC(C)(C)[Si](C)(C)Oc1ccc(C(c2ccc(O[Si](C)(C)C(C)(C)C)cc2)C(CO)n2ncnn2)cc1. The summed E-state index contributed by atoms with van der Waals surface area (Å²) in [6.45, 7) is 22.3. The molecule has 0 radical (unpaired) electrons. The molecule has 2 aromatic carbocycles. The molecule has 1 N–H and O–H groups in total. The molecule has 0 aliphatic heterocycles. The number of hydrogen-bond donors (Lipinski definition) is 1. The van der Waals surface area contributed by atoms with Crippen LogP contribution in [0.1, 0.15) is 64.6 Å². The average Bonchev–Trinajstić information content (AvgIpc) is 3.31. The van der Waals surface area contributed by atoms with Crippen LogP contribution in [0.3, 0.4) is 0 Å². The van der Waals surface area contributed by atoms with Gasteiger partial charge in [-0.1, -0.05) is 65.8 Å². The molecule has 7 nitrogen and oxygen atoms in total. The molecule has 1 unspecified atom stereocenters. The maximum atomic E-state index is 10.4. The van der Waals surface area contributed by atoms with Crippen molar-refractivity contribution in [1.29, 1.82) is 0 Å². The molecule has 0 fully saturated rings. The lowest BCUT2D eigenvalue weighted by atomic mass is 9.85. The summed E-state index contributed by atoms with van der Waals surface area (Å²) < 4.78 is 13.0. The van der Waals surface area contributed by atoms with Crippen molar-refractivity contribution in [3.63, 3.8) is 0 Å². The maximum Gasteiger partial charge on any atom is 0.250 e. The van der Waals surface area contributed by atoms with Gasteiger partial charge in [-0.05, 0) is 76.9 Å². The smallest absolute Gasteiger partial charge is 0.250 e. The van der Waals surface area contributed by atoms with Gasteiger partial charge in [-0.15, -0.1) is 10.2 Å². The number of aliphatic hydroxyl groups is 1. The minimum Gasteiger partial charge on any atom is -0.544 e. The molecule has 0 bridgehead atoms. The highest BCUT2D eigenvalue weighted by Crippen LogP contribution is 2.40. The molecule has 0 saturated heterocycles. The first-order valence-corrected chi connectivity index (χ1v) is 18.8. The molecule has 0 spiro atoms. The lowest BCUT2D eigenvalue weighted by Gasteiger charge is -2.36. The first-order chi connectivity index (χ1) is 17.1. The van der Waals surface area contributed by atoms with E-state index in [1.165, 1.54) is 11.1 Å². The van der Waals surface area contributed by atoms with Crippen molar-refractivity contribution < 1.29 is 14.0 Å². The number of aromatic nitrogens is 4. The monoisotopic (exact) mass is 540 g/mol. The molecule has 3 rings (SSSR count). The highest BCUT2D eigenvalue weighted by atomic mass is 28.4. The summed E-state index contributed by atoms with van der Waals surface area (Å²) >= 11 is 0. The molecular weight excluding hydrogens is 497 g/mol. The van der Waals surface area contributed by atoms with Crippen LogP contribution in [0.4, 0.5) is 0 Å². The third-order valence-corrected chi connectivity index (χ3v) is 16.8. The van der Waals surface area contributed by atoms with E-state index in [1.54, 1.807) is 0 Å². The van der Waals surface area contributed by atoms with Crippen molar-refractivity contribution in [3.8, 4) is 11.5 Å². The number of tetrazole rings is 1. The Morgan fingerprint density at radius 3 is 1.46 bits per heavy atom. The Balaban J connectivity index is 1.96. The zero-order valence-electron chi connectivity index (χ0n) is 24.1. The van der Waals surface area contributed by atoms with E-state index in [2.05, 4.69) is 107 Å². The minimum atomic E-state index is -1.95. The van der Waals surface area contributed by atoms with Crippen LogP contribution in [0.25, 0.3) is 0 Å². The predicted octanol–water partition coefficient (Wildman–Crippen LogP) is 6.81. The number of nitrogens with zero attached hydrogens (tertiary/aromatic N) is 4. The summed E-state index contributed by atoms with van der Waals surface area (Å²) in [6, 6.07) is 16.0. The molecule has 37 heavy (non-hydrogen) atoms. The lowest BCUT2D eigenvalue weighted by molar-refractivity contribution is 0.191. The van der Waals surface area contributed by atoms with Gasteiger partial charge in [-0.25, -0.2) is 0 Å². The van der Waals surface area contributed by atoms with Gasteiger partial charge < -0.3 is 14.0 Å². The number of benzene rings is 2. The Morgan fingerprint density at radius 1 is 0.757 bits per heavy atom. The van der Waals surface area contributed by atoms with E-state index in [0.29, 0.717) is 0 Å². The molecule has 1 atom stereocenters. The van der Waals surface area contributed by atoms with Gasteiger partial charge in [0, 0.05) is 5.92 Å². The third kappa shape index (κ3) is 6.69. The van der Waals surface area contributed by atoms with Crippen molar-refractivity contribution >= 4 is 16.6 Å². The second-order valence-corrected chi connectivity index (χ2v) is 22.3. The molecule has 0 saturated carbocycles. The maximum absolute atomic E-state index is 10.4. The third-order valence-electron chi connectivity index (χ3n) is 8.07. The van der Waals surface area contributed by atoms with Gasteiger partial charge >= 0.3 is 0 Å². The van der Waals surface area contributed by atoms with E-state index in [4.69, 9.17) is 8.85 Å². The van der Waals surface area contributed by atoms with Gasteiger partial charge in [0.1, 0.15) is 17.5 Å². The average molecular weight is 541 g/mol. The van der Waals surface area contributed by atoms with E-state index in [1.807, 2.05) is 24.3 Å². The normalized spacial score (nSPS) is 14.1. The van der Waals surface area contributed by atoms with Crippen LogP contribution in [0.2, 0.25) is 36.3 Å². The highest BCUT2D eigenvalue weighted by molar-refractivity contribution is 6.75. The van der Waals surface area contributed by atoms with E-state index in [9.17, 15) is 5.11 Å². The second-order valence-electron chi connectivity index (χ2n) is 12.8. The zero-order valence-corrected chi connectivity index (χ0v) is 26.1. The van der Waals surface area contributed by atoms with Crippen LogP contribution >= 0.6 is 0 Å². The van der Waals surface area contributed by atoms with Crippen LogP contribution in [-0.4, -0.2) is 48.6 Å². The minimum absolute atomic E-state index is 0.114. The lowest BCUT2D eigenvalue weighted by Crippen LogP contribution is -2.43. The predicted molar refractivity (Wildman–Crippen MR) is 154 cm³/mol. The Labute approximate surface area is 224 Å². The Hall–Kier alpha value is -2.50. The van der Waals surface area contributed by atoms with Crippen LogP contribution in [-0.2, 0) is 0 Å². The molecule has 9 heteroatoms. The molecule has 1 heterocycles. The molecule has 0 amide bonds. The first kappa shape index (κ1) is 29.1. The van der Waals surface area contributed by atoms with E-state index in [-0.39, 0.29) is 22.6 Å². The van der Waals surface area contributed by atoms with Gasteiger partial charge in [-0.3, -0.25) is 0 Å². The van der Waals surface area contributed by atoms with Gasteiger partial charge in [0.15, 0.2) is 6.33 Å². The summed E-state index contributed by atoms with van der Waals surface area (Å²) in [4.78, 5) is 1.49. The molecular formula is C28H44N4O3Si2. The second kappa shape index (κ2) is 10.7. The zero-order chi connectivity index (χ0) is 27.6. The van der Waals surface area contributed by atoms with Gasteiger partial charge in [0.2, 0.25) is 16.6 Å². The number of aliphatic hydroxyl groups excluding tert-OH is 1.